The lowest BCUT2D eigenvalue weighted by Gasteiger charge is -2.36. The van der Waals surface area contributed by atoms with Gasteiger partial charge in [-0.25, -0.2) is 8.78 Å². The molecule has 0 aromatic heterocycles. The van der Waals surface area contributed by atoms with Crippen LogP contribution in [0.1, 0.15) is 166 Å². The Bertz CT molecular complexity index is 597. The maximum absolute atomic E-state index is 13.6. The van der Waals surface area contributed by atoms with Crippen LogP contribution in [0.25, 0.3) is 0 Å². The van der Waals surface area contributed by atoms with Crippen LogP contribution in [-0.2, 0) is 0 Å². The second-order valence-corrected chi connectivity index (χ2v) is 14.7. The molecule has 0 spiro atoms. The number of rotatable bonds is 12. The summed E-state index contributed by atoms with van der Waals surface area (Å²) in [7, 11) is 0. The number of halogens is 2. The fraction of sp³-hybridized carbons (Fsp3) is 0.897. The molecule has 2 rings (SSSR count). The van der Waals surface area contributed by atoms with Crippen LogP contribution in [0.4, 0.5) is 8.78 Å². The first-order valence-corrected chi connectivity index (χ1v) is 17.6. The minimum atomic E-state index is -0.928. The van der Waals surface area contributed by atoms with Gasteiger partial charge in [0.05, 0.1) is 0 Å². The molecular weight excluding hydrogens is 506 g/mol. The number of hydrogen-bond donors (Lipinski definition) is 0. The standard InChI is InChI=1S/C18H30F2.C9H16.C8H18.C4H10/c1-3-4-15(9-14-7-5-13(2)6-8-14)16-10-17(19)12-18(20)11-16;1-4-6-7-8-9(3)5-2;1-5-8(4)6-7(2)3;1-4(2)3/h3,13-18H,1,4-12H2,2H3;2,9H,4,6-8H2,1,3H3;7-8H,5-6H2,1-4H3;4H,1-3H3. The molecule has 41 heavy (non-hydrogen) atoms. The smallest absolute Gasteiger partial charge is 0.103 e. The van der Waals surface area contributed by atoms with Crippen molar-refractivity contribution < 1.29 is 8.78 Å². The summed E-state index contributed by atoms with van der Waals surface area (Å²) in [6, 6.07) is 0. The van der Waals surface area contributed by atoms with Gasteiger partial charge in [-0.2, -0.15) is 0 Å². The lowest BCUT2D eigenvalue weighted by Crippen LogP contribution is -2.31. The Balaban J connectivity index is 0. The van der Waals surface area contributed by atoms with Crippen LogP contribution < -0.4 is 0 Å². The van der Waals surface area contributed by atoms with E-state index in [1.807, 2.05) is 6.08 Å². The molecule has 0 aromatic rings. The van der Waals surface area contributed by atoms with Crippen molar-refractivity contribution in [3.05, 3.63) is 12.7 Å². The minimum absolute atomic E-state index is 0.123. The molecule has 2 fully saturated rings. The molecule has 2 heteroatoms. The molecular formula is C39H74F2. The number of terminal acetylenes is 1. The Kier molecular flexibility index (Phi) is 27.6. The monoisotopic (exact) mass is 581 g/mol. The summed E-state index contributed by atoms with van der Waals surface area (Å²) >= 11 is 0. The zero-order valence-corrected chi connectivity index (χ0v) is 29.5. The van der Waals surface area contributed by atoms with Gasteiger partial charge in [0.2, 0.25) is 0 Å². The van der Waals surface area contributed by atoms with Crippen LogP contribution in [0, 0.1) is 59.7 Å². The van der Waals surface area contributed by atoms with Gasteiger partial charge >= 0.3 is 0 Å². The van der Waals surface area contributed by atoms with Crippen molar-refractivity contribution in [1.29, 1.82) is 0 Å². The van der Waals surface area contributed by atoms with Crippen LogP contribution in [0.2, 0.25) is 0 Å². The first-order valence-electron chi connectivity index (χ1n) is 17.6. The second kappa shape index (κ2) is 26.8. The molecule has 2 aliphatic carbocycles. The summed E-state index contributed by atoms with van der Waals surface area (Å²) < 4.78 is 27.3. The van der Waals surface area contributed by atoms with Crippen LogP contribution >= 0.6 is 0 Å². The largest absolute Gasteiger partial charge is 0.247 e. The number of unbranched alkanes of at least 4 members (excludes halogenated alkanes) is 2. The molecule has 0 heterocycles. The molecule has 0 nitrogen and oxygen atoms in total. The van der Waals surface area contributed by atoms with E-state index < -0.39 is 12.3 Å². The summed E-state index contributed by atoms with van der Waals surface area (Å²) in [5.41, 5.74) is 0. The highest BCUT2D eigenvalue weighted by Gasteiger charge is 2.34. The first-order chi connectivity index (χ1) is 19.3. The molecule has 2 saturated carbocycles. The lowest BCUT2D eigenvalue weighted by molar-refractivity contribution is 0.0750. The van der Waals surface area contributed by atoms with E-state index in [4.69, 9.17) is 6.42 Å². The average Bonchev–Trinajstić information content (AvgIpc) is 2.89. The maximum atomic E-state index is 13.6. The number of allylic oxidation sites excluding steroid dienone is 1. The molecule has 0 bridgehead atoms. The Labute approximate surface area is 258 Å². The van der Waals surface area contributed by atoms with Gasteiger partial charge in [-0.15, -0.1) is 18.9 Å². The lowest BCUT2D eigenvalue weighted by atomic mass is 9.71. The summed E-state index contributed by atoms with van der Waals surface area (Å²) in [5, 5.41) is 0. The van der Waals surface area contributed by atoms with Gasteiger partial charge < -0.3 is 0 Å². The van der Waals surface area contributed by atoms with Gasteiger partial charge in [-0.05, 0) is 80.0 Å². The molecule has 5 unspecified atom stereocenters. The summed E-state index contributed by atoms with van der Waals surface area (Å²) in [5.74, 6) is 8.16. The molecule has 5 atom stereocenters. The van der Waals surface area contributed by atoms with Gasteiger partial charge in [0, 0.05) is 12.3 Å². The molecule has 2 aliphatic rings. The van der Waals surface area contributed by atoms with Crippen molar-refractivity contribution in [2.75, 3.05) is 0 Å². The Hall–Kier alpha value is -0.840. The predicted octanol–water partition coefficient (Wildman–Crippen LogP) is 13.4. The zero-order chi connectivity index (χ0) is 31.8. The normalized spacial score (nSPS) is 26.1. The highest BCUT2D eigenvalue weighted by molar-refractivity contribution is 4.90. The van der Waals surface area contributed by atoms with E-state index in [0.717, 1.165) is 42.4 Å². The zero-order valence-electron chi connectivity index (χ0n) is 29.5. The van der Waals surface area contributed by atoms with E-state index in [1.54, 1.807) is 0 Å². The molecule has 0 aliphatic heterocycles. The first kappa shape index (κ1) is 42.3. The summed E-state index contributed by atoms with van der Waals surface area (Å²) in [6.07, 6.45) is 21.7. The van der Waals surface area contributed by atoms with E-state index in [9.17, 15) is 8.78 Å². The van der Waals surface area contributed by atoms with E-state index in [0.29, 0.717) is 24.7 Å². The topological polar surface area (TPSA) is 0 Å². The second-order valence-electron chi connectivity index (χ2n) is 14.7. The van der Waals surface area contributed by atoms with E-state index in [2.05, 4.69) is 81.7 Å². The number of alkyl halides is 2. The third kappa shape index (κ3) is 26.5. The summed E-state index contributed by atoms with van der Waals surface area (Å²) in [6.45, 7) is 26.1. The molecule has 0 amide bonds. The predicted molar refractivity (Wildman–Crippen MR) is 183 cm³/mol. The van der Waals surface area contributed by atoms with Crippen LogP contribution in [-0.4, -0.2) is 12.3 Å². The SMILES string of the molecule is C#CC(C)CCCCC.C=CCC(CC1CCC(C)CC1)C1CC(F)CC(F)C1.CC(C)C.CCC(C)CC(C)C. The van der Waals surface area contributed by atoms with Crippen molar-refractivity contribution in [2.24, 2.45) is 47.3 Å². The summed E-state index contributed by atoms with van der Waals surface area (Å²) in [4.78, 5) is 0. The van der Waals surface area contributed by atoms with Gasteiger partial charge in [-0.3, -0.25) is 0 Å². The van der Waals surface area contributed by atoms with Crippen LogP contribution in [0.5, 0.6) is 0 Å². The molecule has 0 saturated heterocycles. The van der Waals surface area contributed by atoms with E-state index >= 15 is 0 Å². The van der Waals surface area contributed by atoms with Crippen molar-refractivity contribution >= 4 is 0 Å². The van der Waals surface area contributed by atoms with Gasteiger partial charge in [0.15, 0.2) is 0 Å². The highest BCUT2D eigenvalue weighted by atomic mass is 19.1. The maximum Gasteiger partial charge on any atom is 0.103 e. The van der Waals surface area contributed by atoms with E-state index in [-0.39, 0.29) is 12.3 Å². The quantitative estimate of drug-likeness (QED) is 0.122. The van der Waals surface area contributed by atoms with Crippen molar-refractivity contribution in [1.82, 2.24) is 0 Å². The third-order valence-corrected chi connectivity index (χ3v) is 8.63. The number of hydrogen-bond acceptors (Lipinski definition) is 0. The van der Waals surface area contributed by atoms with Crippen LogP contribution in [0.3, 0.4) is 0 Å². The fourth-order valence-corrected chi connectivity index (χ4v) is 6.05. The highest BCUT2D eigenvalue weighted by Crippen LogP contribution is 2.41. The average molecular weight is 581 g/mol. The van der Waals surface area contributed by atoms with Gasteiger partial charge in [-0.1, -0.05) is 127 Å². The van der Waals surface area contributed by atoms with Gasteiger partial charge in [0.25, 0.3) is 0 Å². The Morgan fingerprint density at radius 1 is 0.878 bits per heavy atom. The van der Waals surface area contributed by atoms with Crippen molar-refractivity contribution in [3.8, 4) is 12.3 Å². The van der Waals surface area contributed by atoms with E-state index in [1.165, 1.54) is 64.2 Å². The van der Waals surface area contributed by atoms with Crippen LogP contribution in [0.15, 0.2) is 12.7 Å². The molecule has 0 radical (unpaired) electrons. The Morgan fingerprint density at radius 2 is 1.41 bits per heavy atom. The Morgan fingerprint density at radius 3 is 1.80 bits per heavy atom. The molecule has 0 aromatic carbocycles. The minimum Gasteiger partial charge on any atom is -0.247 e. The third-order valence-electron chi connectivity index (χ3n) is 8.63. The molecule has 0 N–H and O–H groups in total. The van der Waals surface area contributed by atoms with Crippen molar-refractivity contribution in [3.63, 3.8) is 0 Å². The molecule has 244 valence electrons. The van der Waals surface area contributed by atoms with Crippen molar-refractivity contribution in [2.45, 2.75) is 178 Å². The van der Waals surface area contributed by atoms with Gasteiger partial charge in [0.1, 0.15) is 12.3 Å². The fourth-order valence-electron chi connectivity index (χ4n) is 6.05.